The molecule has 1 aliphatic rings. The van der Waals surface area contributed by atoms with E-state index in [1.807, 2.05) is 0 Å². The van der Waals surface area contributed by atoms with Gasteiger partial charge in [0.2, 0.25) is 11.8 Å². The molecular weight excluding hydrogens is 236 g/mol. The molecule has 0 spiro atoms. The van der Waals surface area contributed by atoms with E-state index in [9.17, 15) is 14.4 Å². The molecule has 0 aliphatic carbocycles. The van der Waals surface area contributed by atoms with Crippen molar-refractivity contribution < 1.29 is 19.5 Å². The van der Waals surface area contributed by atoms with Gasteiger partial charge in [0.05, 0.1) is 6.54 Å². The number of hydrogen-bond donors (Lipinski definition) is 1. The number of nitrogens with zero attached hydrogens (tertiary/aromatic N) is 2. The van der Waals surface area contributed by atoms with Crippen LogP contribution in [0, 0.1) is 5.92 Å². The van der Waals surface area contributed by atoms with Gasteiger partial charge in [0.1, 0.15) is 0 Å². The second-order valence-corrected chi connectivity index (χ2v) is 4.80. The molecule has 0 aromatic rings. The maximum absolute atomic E-state index is 11.9. The number of likely N-dealkylation sites (tertiary alicyclic amines) is 1. The topological polar surface area (TPSA) is 77.9 Å². The third-order valence-electron chi connectivity index (χ3n) is 3.31. The lowest BCUT2D eigenvalue weighted by atomic mass is 10.0. The van der Waals surface area contributed by atoms with E-state index < -0.39 is 5.97 Å². The molecule has 2 amide bonds. The number of carbonyl (C=O) groups excluding carboxylic acids is 2. The SMILES string of the molecule is CC(=O)N(C)CC(=O)N1CCC(CCC(=O)O)C1. The predicted molar refractivity (Wildman–Crippen MR) is 64.9 cm³/mol. The molecule has 0 bridgehead atoms. The van der Waals surface area contributed by atoms with Crippen LogP contribution >= 0.6 is 0 Å². The summed E-state index contributed by atoms with van der Waals surface area (Å²) in [7, 11) is 1.60. The van der Waals surface area contributed by atoms with Gasteiger partial charge >= 0.3 is 5.97 Å². The maximum Gasteiger partial charge on any atom is 0.303 e. The van der Waals surface area contributed by atoms with Crippen LogP contribution in [-0.4, -0.2) is 59.4 Å². The highest BCUT2D eigenvalue weighted by Crippen LogP contribution is 2.21. The highest BCUT2D eigenvalue weighted by molar-refractivity contribution is 5.83. The predicted octanol–water partition coefficient (Wildman–Crippen LogP) is 0.178. The van der Waals surface area contributed by atoms with E-state index in [1.54, 1.807) is 11.9 Å². The van der Waals surface area contributed by atoms with Gasteiger partial charge in [-0.25, -0.2) is 0 Å². The van der Waals surface area contributed by atoms with Crippen molar-refractivity contribution in [2.75, 3.05) is 26.7 Å². The first-order valence-corrected chi connectivity index (χ1v) is 6.11. The van der Waals surface area contributed by atoms with Crippen LogP contribution in [0.2, 0.25) is 0 Å². The molecule has 6 heteroatoms. The van der Waals surface area contributed by atoms with Crippen molar-refractivity contribution >= 4 is 17.8 Å². The van der Waals surface area contributed by atoms with Gasteiger partial charge in [0.15, 0.2) is 0 Å². The molecule has 1 saturated heterocycles. The van der Waals surface area contributed by atoms with Crippen LogP contribution in [0.25, 0.3) is 0 Å². The average Bonchev–Trinajstić information content (AvgIpc) is 2.74. The first-order valence-electron chi connectivity index (χ1n) is 6.11. The van der Waals surface area contributed by atoms with Gasteiger partial charge in [-0.2, -0.15) is 0 Å². The van der Waals surface area contributed by atoms with Crippen LogP contribution in [0.4, 0.5) is 0 Å². The Kier molecular flexibility index (Phi) is 5.12. The van der Waals surface area contributed by atoms with E-state index in [0.717, 1.165) is 6.42 Å². The second-order valence-electron chi connectivity index (χ2n) is 4.80. The molecule has 1 N–H and O–H groups in total. The van der Waals surface area contributed by atoms with Crippen LogP contribution in [-0.2, 0) is 14.4 Å². The van der Waals surface area contributed by atoms with Gasteiger partial charge in [-0.3, -0.25) is 14.4 Å². The molecule has 1 unspecified atom stereocenters. The van der Waals surface area contributed by atoms with E-state index in [2.05, 4.69) is 0 Å². The summed E-state index contributed by atoms with van der Waals surface area (Å²) < 4.78 is 0. The summed E-state index contributed by atoms with van der Waals surface area (Å²) in [5.41, 5.74) is 0. The number of aliphatic carboxylic acids is 1. The molecular formula is C12H20N2O4. The van der Waals surface area contributed by atoms with Crippen LogP contribution in [0.15, 0.2) is 0 Å². The summed E-state index contributed by atoms with van der Waals surface area (Å²) in [6, 6.07) is 0. The Hall–Kier alpha value is -1.59. The smallest absolute Gasteiger partial charge is 0.303 e. The standard InChI is InChI=1S/C12H20N2O4/c1-9(15)13(2)8-11(16)14-6-5-10(7-14)3-4-12(17)18/h10H,3-8H2,1-2H3,(H,17,18). The van der Waals surface area contributed by atoms with Crippen LogP contribution < -0.4 is 0 Å². The van der Waals surface area contributed by atoms with E-state index in [0.29, 0.717) is 19.5 Å². The van der Waals surface area contributed by atoms with Gasteiger partial charge in [-0.05, 0) is 18.8 Å². The molecule has 0 aromatic heterocycles. The Bertz CT molecular complexity index is 343. The molecule has 1 aliphatic heterocycles. The van der Waals surface area contributed by atoms with Gasteiger partial charge in [-0.1, -0.05) is 0 Å². The largest absolute Gasteiger partial charge is 0.481 e. The minimum Gasteiger partial charge on any atom is -0.481 e. The van der Waals surface area contributed by atoms with E-state index in [1.165, 1.54) is 11.8 Å². The molecule has 1 atom stereocenters. The van der Waals surface area contributed by atoms with E-state index in [4.69, 9.17) is 5.11 Å². The van der Waals surface area contributed by atoms with Crippen molar-refractivity contribution in [2.24, 2.45) is 5.92 Å². The lowest BCUT2D eigenvalue weighted by Crippen LogP contribution is -2.39. The van der Waals surface area contributed by atoms with Crippen LogP contribution in [0.5, 0.6) is 0 Å². The summed E-state index contributed by atoms with van der Waals surface area (Å²) in [4.78, 5) is 36.4. The number of rotatable bonds is 5. The quantitative estimate of drug-likeness (QED) is 0.761. The monoisotopic (exact) mass is 256 g/mol. The number of likely N-dealkylation sites (N-methyl/N-ethyl adjacent to an activating group) is 1. The van der Waals surface area contributed by atoms with E-state index >= 15 is 0 Å². The van der Waals surface area contributed by atoms with Crippen molar-refractivity contribution in [1.29, 1.82) is 0 Å². The fourth-order valence-corrected chi connectivity index (χ4v) is 2.04. The van der Waals surface area contributed by atoms with Crippen molar-refractivity contribution in [3.8, 4) is 0 Å². The lowest BCUT2D eigenvalue weighted by molar-refractivity contribution is -0.138. The summed E-state index contributed by atoms with van der Waals surface area (Å²) in [6.07, 6.45) is 1.62. The van der Waals surface area contributed by atoms with Crippen molar-refractivity contribution in [3.63, 3.8) is 0 Å². The fraction of sp³-hybridized carbons (Fsp3) is 0.750. The zero-order chi connectivity index (χ0) is 13.7. The zero-order valence-electron chi connectivity index (χ0n) is 10.9. The third kappa shape index (κ3) is 4.35. The molecule has 0 aromatic carbocycles. The third-order valence-corrected chi connectivity index (χ3v) is 3.31. The first-order chi connectivity index (χ1) is 8.40. The summed E-state index contributed by atoms with van der Waals surface area (Å²) in [5, 5.41) is 8.60. The molecule has 1 heterocycles. The minimum absolute atomic E-state index is 0.0643. The van der Waals surface area contributed by atoms with E-state index in [-0.39, 0.29) is 30.7 Å². The second kappa shape index (κ2) is 6.37. The minimum atomic E-state index is -0.795. The van der Waals surface area contributed by atoms with Crippen molar-refractivity contribution in [1.82, 2.24) is 9.80 Å². The highest BCUT2D eigenvalue weighted by Gasteiger charge is 2.27. The number of carboxylic acid groups (broad SMARTS) is 1. The number of carboxylic acids is 1. The first kappa shape index (κ1) is 14.5. The summed E-state index contributed by atoms with van der Waals surface area (Å²) in [6.45, 7) is 2.79. The molecule has 18 heavy (non-hydrogen) atoms. The number of amides is 2. The zero-order valence-corrected chi connectivity index (χ0v) is 10.9. The van der Waals surface area contributed by atoms with Crippen molar-refractivity contribution in [2.45, 2.75) is 26.2 Å². The Morgan fingerprint density at radius 1 is 1.39 bits per heavy atom. The molecule has 0 saturated carbocycles. The summed E-state index contributed by atoms with van der Waals surface area (Å²) >= 11 is 0. The number of hydrogen-bond acceptors (Lipinski definition) is 3. The highest BCUT2D eigenvalue weighted by atomic mass is 16.4. The van der Waals surface area contributed by atoms with Gasteiger partial charge in [0, 0.05) is 33.5 Å². The summed E-state index contributed by atoms with van der Waals surface area (Å²) in [5.74, 6) is -0.723. The molecule has 1 rings (SSSR count). The lowest BCUT2D eigenvalue weighted by Gasteiger charge is -2.20. The Balaban J connectivity index is 2.34. The Labute approximate surface area is 107 Å². The Morgan fingerprint density at radius 3 is 2.61 bits per heavy atom. The van der Waals surface area contributed by atoms with Crippen LogP contribution in [0.3, 0.4) is 0 Å². The van der Waals surface area contributed by atoms with Gasteiger partial charge in [-0.15, -0.1) is 0 Å². The molecule has 0 radical (unpaired) electrons. The normalized spacial score (nSPS) is 18.8. The van der Waals surface area contributed by atoms with Crippen molar-refractivity contribution in [3.05, 3.63) is 0 Å². The fourth-order valence-electron chi connectivity index (χ4n) is 2.04. The van der Waals surface area contributed by atoms with Crippen LogP contribution in [0.1, 0.15) is 26.2 Å². The maximum atomic E-state index is 11.9. The van der Waals surface area contributed by atoms with Gasteiger partial charge < -0.3 is 14.9 Å². The average molecular weight is 256 g/mol. The molecule has 6 nitrogen and oxygen atoms in total. The Morgan fingerprint density at radius 2 is 2.06 bits per heavy atom. The van der Waals surface area contributed by atoms with Gasteiger partial charge in [0.25, 0.3) is 0 Å². The number of carbonyl (C=O) groups is 3. The molecule has 1 fully saturated rings. The molecule has 102 valence electrons.